The van der Waals surface area contributed by atoms with E-state index in [9.17, 15) is 5.21 Å². The summed E-state index contributed by atoms with van der Waals surface area (Å²) in [5.74, 6) is 0.566. The second-order valence-electron chi connectivity index (χ2n) is 5.20. The number of hydrogen-bond acceptors (Lipinski definition) is 7. The molecule has 0 amide bonds. The van der Waals surface area contributed by atoms with Crippen LogP contribution in [0.4, 0.5) is 17.6 Å². The molecule has 0 bridgehead atoms. The quantitative estimate of drug-likeness (QED) is 0.512. The zero-order valence-corrected chi connectivity index (χ0v) is 16.5. The first-order chi connectivity index (χ1) is 12.6. The minimum absolute atomic E-state index is 0. The Labute approximate surface area is 176 Å². The summed E-state index contributed by atoms with van der Waals surface area (Å²) in [6, 6.07) is 14.0. The molecule has 0 aliphatic carbocycles. The van der Waals surface area contributed by atoms with E-state index < -0.39 is 0 Å². The van der Waals surface area contributed by atoms with Gasteiger partial charge in [-0.1, -0.05) is 29.3 Å². The van der Waals surface area contributed by atoms with Crippen molar-refractivity contribution in [1.82, 2.24) is 15.0 Å². The van der Waals surface area contributed by atoms with E-state index in [2.05, 4.69) is 20.3 Å². The lowest BCUT2D eigenvalue weighted by atomic mass is 10.1. The van der Waals surface area contributed by atoms with Crippen LogP contribution in [0.3, 0.4) is 0 Å². The third-order valence-electron chi connectivity index (χ3n) is 3.45. The fourth-order valence-corrected chi connectivity index (χ4v) is 2.75. The average Bonchev–Trinajstić information content (AvgIpc) is 2.65. The van der Waals surface area contributed by atoms with E-state index in [1.165, 1.54) is 0 Å². The van der Waals surface area contributed by atoms with Crippen LogP contribution in [-0.4, -0.2) is 25.6 Å². The Balaban J connectivity index is 0.00000196. The number of benzene rings is 2. The maximum Gasteiger partial charge on any atom is 0.252 e. The molecule has 28 heavy (non-hydrogen) atoms. The number of anilines is 3. The predicted molar refractivity (Wildman–Crippen MR) is 110 cm³/mol. The van der Waals surface area contributed by atoms with Crippen molar-refractivity contribution >= 4 is 53.2 Å². The van der Waals surface area contributed by atoms with Crippen LogP contribution in [0, 0.1) is 11.3 Å². The van der Waals surface area contributed by atoms with Gasteiger partial charge in [0.1, 0.15) is 5.82 Å². The van der Waals surface area contributed by atoms with Crippen LogP contribution in [0.1, 0.15) is 17.0 Å². The topological polar surface area (TPSA) is 138 Å². The highest BCUT2D eigenvalue weighted by atomic mass is 35.5. The van der Waals surface area contributed by atoms with Gasteiger partial charge in [-0.2, -0.15) is 20.2 Å². The summed E-state index contributed by atoms with van der Waals surface area (Å²) in [4.78, 5) is 12.5. The molecule has 1 aromatic heterocycles. The minimum Gasteiger partial charge on any atom is -0.412 e. The van der Waals surface area contributed by atoms with Crippen molar-refractivity contribution in [1.29, 1.82) is 5.26 Å². The van der Waals surface area contributed by atoms with Crippen molar-refractivity contribution < 1.29 is 10.7 Å². The number of nitriles is 1. The smallest absolute Gasteiger partial charge is 0.252 e. The van der Waals surface area contributed by atoms with Gasteiger partial charge >= 0.3 is 0 Å². The molecule has 0 aliphatic heterocycles. The number of hydrogen-bond donors (Lipinski definition) is 3. The summed E-state index contributed by atoms with van der Waals surface area (Å²) in [5.41, 5.74) is 3.81. The fourth-order valence-electron chi connectivity index (χ4n) is 2.22. The summed E-state index contributed by atoms with van der Waals surface area (Å²) in [6.07, 6.45) is 0.262. The third-order valence-corrected chi connectivity index (χ3v) is 4.16. The van der Waals surface area contributed by atoms with Gasteiger partial charge in [-0.25, -0.2) is 5.48 Å². The molecule has 11 heteroatoms. The molecule has 146 valence electrons. The van der Waals surface area contributed by atoms with E-state index in [0.717, 1.165) is 0 Å². The van der Waals surface area contributed by atoms with Gasteiger partial charge in [0, 0.05) is 22.2 Å². The van der Waals surface area contributed by atoms with Gasteiger partial charge in [0.15, 0.2) is 0 Å². The highest BCUT2D eigenvalue weighted by molar-refractivity contribution is 6.36. The zero-order chi connectivity index (χ0) is 18.5. The number of nitrogens with zero attached hydrogens (tertiary/aromatic N) is 4. The van der Waals surface area contributed by atoms with Crippen molar-refractivity contribution in [3.63, 3.8) is 0 Å². The summed E-state index contributed by atoms with van der Waals surface area (Å²) in [7, 11) is 0. The van der Waals surface area contributed by atoms with Crippen LogP contribution in [0.2, 0.25) is 10.0 Å². The van der Waals surface area contributed by atoms with Crippen molar-refractivity contribution in [3.8, 4) is 6.07 Å². The lowest BCUT2D eigenvalue weighted by molar-refractivity contribution is 0.382. The Morgan fingerprint density at radius 2 is 1.57 bits per heavy atom. The third kappa shape index (κ3) is 5.66. The molecule has 1 heterocycles. The molecule has 5 N–H and O–H groups in total. The van der Waals surface area contributed by atoms with Gasteiger partial charge in [0.2, 0.25) is 5.95 Å². The van der Waals surface area contributed by atoms with Crippen LogP contribution in [-0.2, 0) is 6.42 Å². The van der Waals surface area contributed by atoms with Crippen molar-refractivity contribution in [3.05, 3.63) is 69.5 Å². The van der Waals surface area contributed by atoms with Gasteiger partial charge in [0.25, 0.3) is 5.95 Å². The van der Waals surface area contributed by atoms with E-state index in [4.69, 9.17) is 28.5 Å². The first-order valence-electron chi connectivity index (χ1n) is 7.44. The fraction of sp³-hybridized carbons (Fsp3) is 0.0588. The van der Waals surface area contributed by atoms with E-state index in [0.29, 0.717) is 32.7 Å². The lowest BCUT2D eigenvalue weighted by Gasteiger charge is -2.10. The molecule has 3 rings (SSSR count). The maximum atomic E-state index is 9.18. The summed E-state index contributed by atoms with van der Waals surface area (Å²) >= 11 is 12.4. The van der Waals surface area contributed by atoms with Crippen LogP contribution >= 0.6 is 35.6 Å². The summed E-state index contributed by atoms with van der Waals surface area (Å²) in [6.45, 7) is 0. The number of halogens is 3. The van der Waals surface area contributed by atoms with Crippen LogP contribution < -0.4 is 10.8 Å². The predicted octanol–water partition coefficient (Wildman–Crippen LogP) is 3.78. The zero-order valence-electron chi connectivity index (χ0n) is 14.1. The number of nitrogens with one attached hydrogen (secondary N) is 2. The molecule has 0 spiro atoms. The number of rotatable bonds is 5. The maximum absolute atomic E-state index is 9.18. The summed E-state index contributed by atoms with van der Waals surface area (Å²) in [5, 5.41) is 22.0. The van der Waals surface area contributed by atoms with Crippen LogP contribution in [0.25, 0.3) is 0 Å². The molecular formula is C17H15Cl3N6O2. The van der Waals surface area contributed by atoms with Gasteiger partial charge in [0.05, 0.1) is 11.6 Å². The Kier molecular flexibility index (Phi) is 8.85. The summed E-state index contributed by atoms with van der Waals surface area (Å²) < 4.78 is 0. The minimum atomic E-state index is -0.0191. The molecule has 0 saturated carbocycles. The second-order valence-corrected chi connectivity index (χ2v) is 6.02. The molecule has 0 unspecified atom stereocenters. The Bertz CT molecular complexity index is 959. The molecule has 0 radical (unpaired) electrons. The molecular weight excluding hydrogens is 427 g/mol. The van der Waals surface area contributed by atoms with E-state index >= 15 is 0 Å². The van der Waals surface area contributed by atoms with Crippen molar-refractivity contribution in [2.75, 3.05) is 10.8 Å². The molecule has 3 aromatic rings. The Morgan fingerprint density at radius 3 is 2.14 bits per heavy atom. The molecule has 0 saturated heterocycles. The largest absolute Gasteiger partial charge is 0.412 e. The Hall–Kier alpha value is -2.67. The highest BCUT2D eigenvalue weighted by Crippen LogP contribution is 2.26. The van der Waals surface area contributed by atoms with Crippen molar-refractivity contribution in [2.24, 2.45) is 0 Å². The average molecular weight is 442 g/mol. The van der Waals surface area contributed by atoms with Crippen LogP contribution in [0.15, 0.2) is 42.5 Å². The molecule has 0 fully saturated rings. The normalized spacial score (nSPS) is 9.50. The van der Waals surface area contributed by atoms with E-state index in [-0.39, 0.29) is 36.2 Å². The standard InChI is InChI=1S/C17H12Cl2N6O.ClH.H2O/c18-13-2-1-3-14(19)12(13)8-15-22-16(24-17(23-15)25-26)21-11-6-4-10(9-20)5-7-11;;/h1-7,26H,8H2,(H2,21,22,23,24,25);1H;1H2. The second kappa shape index (κ2) is 10.6. The lowest BCUT2D eigenvalue weighted by Crippen LogP contribution is -2.08. The van der Waals surface area contributed by atoms with E-state index in [1.54, 1.807) is 42.5 Å². The van der Waals surface area contributed by atoms with E-state index in [1.807, 2.05) is 11.5 Å². The van der Waals surface area contributed by atoms with Gasteiger partial charge < -0.3 is 10.8 Å². The highest BCUT2D eigenvalue weighted by Gasteiger charge is 2.12. The molecule has 0 aliphatic rings. The molecule has 2 aromatic carbocycles. The van der Waals surface area contributed by atoms with Gasteiger partial charge in [-0.05, 0) is 42.0 Å². The first-order valence-corrected chi connectivity index (χ1v) is 8.20. The van der Waals surface area contributed by atoms with Crippen LogP contribution in [0.5, 0.6) is 0 Å². The van der Waals surface area contributed by atoms with Crippen molar-refractivity contribution in [2.45, 2.75) is 6.42 Å². The molecule has 0 atom stereocenters. The Morgan fingerprint density at radius 1 is 0.964 bits per heavy atom. The van der Waals surface area contributed by atoms with Gasteiger partial charge in [-0.15, -0.1) is 12.4 Å². The monoisotopic (exact) mass is 440 g/mol. The number of aromatic nitrogens is 3. The SMILES string of the molecule is Cl.N#Cc1ccc(Nc2nc(Cc3c(Cl)cccc3Cl)nc(NO)n2)cc1.O. The van der Waals surface area contributed by atoms with Gasteiger partial charge in [-0.3, -0.25) is 5.21 Å². The molecule has 8 nitrogen and oxygen atoms in total. The first kappa shape index (κ1) is 23.4.